The summed E-state index contributed by atoms with van der Waals surface area (Å²) < 4.78 is 5.11. The summed E-state index contributed by atoms with van der Waals surface area (Å²) in [5, 5.41) is 3.86. The van der Waals surface area contributed by atoms with Gasteiger partial charge in [0.15, 0.2) is 0 Å². The van der Waals surface area contributed by atoms with Crippen molar-refractivity contribution in [3.8, 4) is 11.4 Å². The zero-order valence-corrected chi connectivity index (χ0v) is 13.0. The molecule has 0 aliphatic heterocycles. The van der Waals surface area contributed by atoms with E-state index in [2.05, 4.69) is 31.0 Å². The Morgan fingerprint density at radius 1 is 1.04 bits per heavy atom. The van der Waals surface area contributed by atoms with Crippen molar-refractivity contribution in [2.75, 3.05) is 0 Å². The van der Waals surface area contributed by atoms with Gasteiger partial charge in [0.1, 0.15) is 0 Å². The van der Waals surface area contributed by atoms with E-state index in [1.807, 2.05) is 0 Å². The lowest BCUT2D eigenvalue weighted by Gasteiger charge is -2.06. The minimum absolute atomic E-state index is 0.0886. The van der Waals surface area contributed by atoms with Crippen molar-refractivity contribution >= 4 is 11.8 Å². The van der Waals surface area contributed by atoms with Crippen LogP contribution in [0.5, 0.6) is 0 Å². The molecule has 0 saturated heterocycles. The number of rotatable bonds is 5. The highest BCUT2D eigenvalue weighted by Gasteiger charge is 2.11. The molecular weight excluding hydrogens is 324 g/mol. The van der Waals surface area contributed by atoms with Crippen LogP contribution in [0.2, 0.25) is 0 Å². The highest BCUT2D eigenvalue weighted by atomic mass is 16.5. The second-order valence-electron chi connectivity index (χ2n) is 4.99. The van der Waals surface area contributed by atoms with E-state index < -0.39 is 5.91 Å². The maximum Gasteiger partial charge on any atom is 0.271 e. The standard InChI is InChI=1S/C16H14N6O3/c23-13(20-21-16(24)12-2-1-7-18-10-12)3-4-14-19-15(22-25-14)11-5-8-17-9-6-11/h1-2,5-10H,3-4H2,(H,20,23)(H,21,24). The van der Waals surface area contributed by atoms with E-state index >= 15 is 0 Å². The van der Waals surface area contributed by atoms with Crippen molar-refractivity contribution in [3.05, 3.63) is 60.5 Å². The first kappa shape index (κ1) is 16.2. The molecule has 0 fully saturated rings. The molecule has 0 radical (unpaired) electrons. The molecule has 3 rings (SSSR count). The molecule has 3 heterocycles. The fraction of sp³-hybridized carbons (Fsp3) is 0.125. The molecule has 0 bridgehead atoms. The molecule has 126 valence electrons. The van der Waals surface area contributed by atoms with Gasteiger partial charge in [-0.1, -0.05) is 5.16 Å². The number of hydrogen-bond acceptors (Lipinski definition) is 7. The Morgan fingerprint density at radius 2 is 1.88 bits per heavy atom. The molecular formula is C16H14N6O3. The predicted molar refractivity (Wildman–Crippen MR) is 85.7 cm³/mol. The fourth-order valence-electron chi connectivity index (χ4n) is 1.95. The Bertz CT molecular complexity index is 851. The van der Waals surface area contributed by atoms with Crippen LogP contribution in [-0.2, 0) is 11.2 Å². The smallest absolute Gasteiger partial charge is 0.271 e. The zero-order valence-electron chi connectivity index (χ0n) is 13.0. The molecule has 2 amide bonds. The van der Waals surface area contributed by atoms with E-state index in [9.17, 15) is 9.59 Å². The molecule has 3 aromatic heterocycles. The van der Waals surface area contributed by atoms with Gasteiger partial charge in [0.05, 0.1) is 5.56 Å². The van der Waals surface area contributed by atoms with Crippen LogP contribution in [0.4, 0.5) is 0 Å². The Morgan fingerprint density at radius 3 is 2.64 bits per heavy atom. The van der Waals surface area contributed by atoms with E-state index in [0.29, 0.717) is 17.3 Å². The molecule has 0 spiro atoms. The van der Waals surface area contributed by atoms with Gasteiger partial charge < -0.3 is 4.52 Å². The number of pyridine rings is 2. The number of nitrogens with zero attached hydrogens (tertiary/aromatic N) is 4. The maximum atomic E-state index is 11.8. The molecule has 9 nitrogen and oxygen atoms in total. The number of carbonyl (C=O) groups is 2. The molecule has 2 N–H and O–H groups in total. The second kappa shape index (κ2) is 7.77. The van der Waals surface area contributed by atoms with Crippen molar-refractivity contribution in [3.63, 3.8) is 0 Å². The number of hydrazine groups is 1. The highest BCUT2D eigenvalue weighted by molar-refractivity contribution is 5.95. The topological polar surface area (TPSA) is 123 Å². The van der Waals surface area contributed by atoms with Crippen molar-refractivity contribution < 1.29 is 14.1 Å². The normalized spacial score (nSPS) is 10.2. The average molecular weight is 338 g/mol. The van der Waals surface area contributed by atoms with E-state index in [1.165, 1.54) is 6.20 Å². The van der Waals surface area contributed by atoms with Crippen LogP contribution in [0.25, 0.3) is 11.4 Å². The minimum Gasteiger partial charge on any atom is -0.339 e. The van der Waals surface area contributed by atoms with Crippen LogP contribution in [0, 0.1) is 0 Å². The summed E-state index contributed by atoms with van der Waals surface area (Å²) in [4.78, 5) is 35.5. The lowest BCUT2D eigenvalue weighted by Crippen LogP contribution is -2.41. The van der Waals surface area contributed by atoms with E-state index in [0.717, 1.165) is 5.56 Å². The number of amides is 2. The van der Waals surface area contributed by atoms with Crippen LogP contribution in [0.15, 0.2) is 53.6 Å². The Labute approximate surface area is 142 Å². The quantitative estimate of drug-likeness (QED) is 0.663. The second-order valence-corrected chi connectivity index (χ2v) is 4.99. The predicted octanol–water partition coefficient (Wildman–Crippen LogP) is 0.920. The Hall–Kier alpha value is -3.62. The van der Waals surface area contributed by atoms with Gasteiger partial charge in [0, 0.05) is 43.2 Å². The first-order valence-corrected chi connectivity index (χ1v) is 7.44. The highest BCUT2D eigenvalue weighted by Crippen LogP contribution is 2.14. The first-order valence-electron chi connectivity index (χ1n) is 7.44. The first-order chi connectivity index (χ1) is 12.2. The van der Waals surface area contributed by atoms with Crippen LogP contribution in [-0.4, -0.2) is 31.9 Å². The van der Waals surface area contributed by atoms with E-state index in [4.69, 9.17) is 4.52 Å². The summed E-state index contributed by atoms with van der Waals surface area (Å²) in [6, 6.07) is 6.74. The molecule has 3 aromatic rings. The number of carbonyl (C=O) groups excluding carboxylic acids is 2. The van der Waals surface area contributed by atoms with Crippen molar-refractivity contribution in [2.45, 2.75) is 12.8 Å². The minimum atomic E-state index is -0.445. The SMILES string of the molecule is O=C(CCc1nc(-c2ccncc2)no1)NNC(=O)c1cccnc1. The molecule has 0 aliphatic carbocycles. The van der Waals surface area contributed by atoms with E-state index in [-0.39, 0.29) is 18.7 Å². The number of hydrogen-bond donors (Lipinski definition) is 2. The van der Waals surface area contributed by atoms with Gasteiger partial charge in [0.25, 0.3) is 5.91 Å². The van der Waals surface area contributed by atoms with Crippen LogP contribution >= 0.6 is 0 Å². The summed E-state index contributed by atoms with van der Waals surface area (Å²) in [6.45, 7) is 0. The number of nitrogens with one attached hydrogen (secondary N) is 2. The molecule has 9 heteroatoms. The van der Waals surface area contributed by atoms with Crippen molar-refractivity contribution in [1.29, 1.82) is 0 Å². The summed E-state index contributed by atoms with van der Waals surface area (Å²) in [7, 11) is 0. The largest absolute Gasteiger partial charge is 0.339 e. The monoisotopic (exact) mass is 338 g/mol. The molecule has 0 unspecified atom stereocenters. The summed E-state index contributed by atoms with van der Waals surface area (Å²) in [6.07, 6.45) is 6.56. The average Bonchev–Trinajstić information content (AvgIpc) is 3.15. The Balaban J connectivity index is 1.47. The van der Waals surface area contributed by atoms with Crippen molar-refractivity contribution in [2.24, 2.45) is 0 Å². The summed E-state index contributed by atoms with van der Waals surface area (Å²) in [5.41, 5.74) is 5.76. The van der Waals surface area contributed by atoms with Crippen LogP contribution in [0.1, 0.15) is 22.7 Å². The van der Waals surface area contributed by atoms with Gasteiger partial charge >= 0.3 is 0 Å². The molecule has 25 heavy (non-hydrogen) atoms. The van der Waals surface area contributed by atoms with Gasteiger partial charge in [-0.05, 0) is 24.3 Å². The lowest BCUT2D eigenvalue weighted by atomic mass is 10.2. The van der Waals surface area contributed by atoms with Crippen LogP contribution in [0.3, 0.4) is 0 Å². The zero-order chi connectivity index (χ0) is 17.5. The number of aromatic nitrogens is 4. The molecule has 0 aromatic carbocycles. The van der Waals surface area contributed by atoms with Gasteiger partial charge in [-0.25, -0.2) is 0 Å². The van der Waals surface area contributed by atoms with Crippen LogP contribution < -0.4 is 10.9 Å². The summed E-state index contributed by atoms with van der Waals surface area (Å²) in [5.74, 6) is -0.0525. The third kappa shape index (κ3) is 4.44. The van der Waals surface area contributed by atoms with Gasteiger partial charge in [-0.2, -0.15) is 4.98 Å². The van der Waals surface area contributed by atoms with Crippen molar-refractivity contribution in [1.82, 2.24) is 31.0 Å². The summed E-state index contributed by atoms with van der Waals surface area (Å²) >= 11 is 0. The van der Waals surface area contributed by atoms with Gasteiger partial charge in [-0.3, -0.25) is 30.4 Å². The van der Waals surface area contributed by atoms with E-state index in [1.54, 1.807) is 42.9 Å². The maximum absolute atomic E-state index is 11.8. The molecule has 0 atom stereocenters. The molecule has 0 saturated carbocycles. The Kier molecular flexibility index (Phi) is 5.05. The van der Waals surface area contributed by atoms with Gasteiger partial charge in [0.2, 0.25) is 17.6 Å². The third-order valence-electron chi connectivity index (χ3n) is 3.21. The lowest BCUT2D eigenvalue weighted by molar-refractivity contribution is -0.121. The third-order valence-corrected chi connectivity index (χ3v) is 3.21. The van der Waals surface area contributed by atoms with Gasteiger partial charge in [-0.15, -0.1) is 0 Å². The fourth-order valence-corrected chi connectivity index (χ4v) is 1.95. The molecule has 0 aliphatic rings. The number of aryl methyl sites for hydroxylation is 1.